The zero-order chi connectivity index (χ0) is 60.5. The molecule has 9 atom stereocenters. The Hall–Kier alpha value is -10.6. The summed E-state index contributed by atoms with van der Waals surface area (Å²) in [6.45, 7) is -2.69. The molecule has 0 aromatic heterocycles. The Morgan fingerprint density at radius 1 is 0.299 bits per heavy atom. The van der Waals surface area contributed by atoms with E-state index in [1.54, 1.807) is 146 Å². The minimum atomic E-state index is -2.85. The Bertz CT molecular complexity index is 3640. The Kier molecular flexibility index (Phi) is 19.4. The number of rotatable bonds is 21. The second-order valence-electron chi connectivity index (χ2n) is 19.6. The van der Waals surface area contributed by atoms with E-state index in [9.17, 15) is 38.4 Å². The van der Waals surface area contributed by atoms with Gasteiger partial charge in [-0.15, -0.1) is 0 Å². The number of hydrogen-bond acceptors (Lipinski definition) is 19. The number of esters is 8. The van der Waals surface area contributed by atoms with Crippen molar-refractivity contribution in [3.05, 3.63) is 287 Å². The van der Waals surface area contributed by atoms with Gasteiger partial charge in [0.2, 0.25) is 12.1 Å². The molecule has 19 nitrogen and oxygen atoms in total. The molecule has 8 aromatic rings. The first kappa shape index (κ1) is 59.6. The van der Waals surface area contributed by atoms with Crippen molar-refractivity contribution in [3.63, 3.8) is 0 Å². The van der Waals surface area contributed by atoms with Crippen LogP contribution in [0.2, 0.25) is 0 Å². The topological polar surface area (TPSA) is 238 Å². The molecular weight excluding hydrogens is 1120 g/mol. The molecule has 2 fully saturated rings. The van der Waals surface area contributed by atoms with E-state index in [4.69, 9.17) is 52.1 Å². The van der Waals surface area contributed by atoms with Gasteiger partial charge in [0.25, 0.3) is 0 Å². The molecular formula is C68H54O19. The Balaban J connectivity index is 1.16. The van der Waals surface area contributed by atoms with Crippen molar-refractivity contribution in [2.24, 2.45) is 0 Å². The van der Waals surface area contributed by atoms with Crippen LogP contribution in [-0.4, -0.2) is 122 Å². The molecule has 10 rings (SSSR count). The minimum absolute atomic E-state index is 0.00940. The number of hydrogen-bond donors (Lipinski definition) is 0. The highest BCUT2D eigenvalue weighted by molar-refractivity contribution is 5.93. The maximum atomic E-state index is 14.7. The molecule has 87 heavy (non-hydrogen) atoms. The number of carbonyl (C=O) groups excluding carboxylic acids is 8. The molecule has 2 aliphatic heterocycles. The zero-order valence-electron chi connectivity index (χ0n) is 46.1. The van der Waals surface area contributed by atoms with Crippen molar-refractivity contribution in [3.8, 4) is 0 Å². The van der Waals surface area contributed by atoms with Crippen LogP contribution in [0, 0.1) is 0 Å². The van der Waals surface area contributed by atoms with Crippen LogP contribution >= 0.6 is 0 Å². The van der Waals surface area contributed by atoms with E-state index in [0.717, 1.165) is 0 Å². The summed E-state index contributed by atoms with van der Waals surface area (Å²) in [6.07, 6.45) is -15.7. The van der Waals surface area contributed by atoms with Gasteiger partial charge in [0.05, 0.1) is 44.5 Å². The molecule has 8 aromatic carbocycles. The van der Waals surface area contributed by atoms with E-state index in [0.29, 0.717) is 0 Å². The number of carbonyl (C=O) groups is 8. The molecule has 0 bridgehead atoms. The fourth-order valence-corrected chi connectivity index (χ4v) is 9.49. The van der Waals surface area contributed by atoms with Crippen molar-refractivity contribution in [2.75, 3.05) is 19.8 Å². The summed E-state index contributed by atoms with van der Waals surface area (Å²) in [5.74, 6) is -10.8. The molecule has 0 saturated carbocycles. The molecule has 0 radical (unpaired) electrons. The Morgan fingerprint density at radius 2 is 0.575 bits per heavy atom. The van der Waals surface area contributed by atoms with Gasteiger partial charge in [-0.2, -0.15) is 0 Å². The third-order valence-corrected chi connectivity index (χ3v) is 13.8. The monoisotopic (exact) mass is 1170 g/mol. The van der Waals surface area contributed by atoms with Crippen LogP contribution in [-0.2, 0) is 52.1 Å². The van der Waals surface area contributed by atoms with Gasteiger partial charge in [-0.1, -0.05) is 146 Å². The molecule has 440 valence electrons. The third-order valence-electron chi connectivity index (χ3n) is 13.8. The van der Waals surface area contributed by atoms with Crippen LogP contribution in [0.3, 0.4) is 0 Å². The lowest BCUT2D eigenvalue weighted by molar-refractivity contribution is -0.380. The predicted molar refractivity (Wildman–Crippen MR) is 306 cm³/mol. The fourth-order valence-electron chi connectivity index (χ4n) is 9.49. The van der Waals surface area contributed by atoms with Crippen molar-refractivity contribution in [1.29, 1.82) is 0 Å². The largest absolute Gasteiger partial charge is 0.459 e. The lowest BCUT2D eigenvalue weighted by Gasteiger charge is -2.46. The molecule has 0 spiro atoms. The molecule has 2 saturated heterocycles. The molecule has 0 amide bonds. The summed E-state index contributed by atoms with van der Waals surface area (Å²) in [7, 11) is 0. The van der Waals surface area contributed by atoms with E-state index in [1.165, 1.54) is 97.1 Å². The van der Waals surface area contributed by atoms with Gasteiger partial charge in [0, 0.05) is 0 Å². The van der Waals surface area contributed by atoms with Crippen molar-refractivity contribution in [2.45, 2.75) is 54.8 Å². The third kappa shape index (κ3) is 14.8. The second kappa shape index (κ2) is 28.3. The lowest BCUT2D eigenvalue weighted by Crippen LogP contribution is -2.66. The van der Waals surface area contributed by atoms with Gasteiger partial charge < -0.3 is 52.1 Å². The average Bonchev–Trinajstić information content (AvgIpc) is 1.83. The fraction of sp³-hybridized carbons (Fsp3) is 0.176. The molecule has 19 heteroatoms. The van der Waals surface area contributed by atoms with Gasteiger partial charge in [-0.25, -0.2) is 38.4 Å². The summed E-state index contributed by atoms with van der Waals surface area (Å²) >= 11 is 0. The van der Waals surface area contributed by atoms with Gasteiger partial charge in [-0.3, -0.25) is 0 Å². The van der Waals surface area contributed by atoms with Gasteiger partial charge in [-0.05, 0) is 97.1 Å². The average molecular weight is 1180 g/mol. The van der Waals surface area contributed by atoms with Crippen molar-refractivity contribution >= 4 is 47.8 Å². The summed E-state index contributed by atoms with van der Waals surface area (Å²) in [6, 6.07) is 61.6. The van der Waals surface area contributed by atoms with Crippen LogP contribution in [0.1, 0.15) is 82.9 Å². The van der Waals surface area contributed by atoms with Crippen molar-refractivity contribution in [1.82, 2.24) is 0 Å². The molecule has 0 N–H and O–H groups in total. The Labute approximate surface area is 498 Å². The number of benzene rings is 8. The maximum Gasteiger partial charge on any atom is 0.338 e. The van der Waals surface area contributed by atoms with Crippen LogP contribution in [0.5, 0.6) is 0 Å². The van der Waals surface area contributed by atoms with E-state index >= 15 is 0 Å². The quantitative estimate of drug-likeness (QED) is 0.0480. The van der Waals surface area contributed by atoms with Gasteiger partial charge in [0.1, 0.15) is 32.0 Å². The molecule has 2 aliphatic rings. The Morgan fingerprint density at radius 3 is 0.931 bits per heavy atom. The standard InChI is InChI=1S/C68H54O19/c69-59(44-25-9-1-10-26-44)77-41-52-54(81-62(72)47-31-15-4-16-32-47)56(83-64(74)49-35-19-6-20-36-49)57(84-65(75)50-37-21-7-22-38-50)67(80-52)87-68(43-79-61(71)46-29-13-3-14-30-46)58(85-66(76)51-39-23-8-24-40-51)55(82-63(73)48-33-17-5-18-34-48)53(86-68)42-78-60(70)45-27-11-2-12-28-45/h1-40,52-58,67H,41-43H2/t52?,53-,54-,55?,56+,57?,58-,67-,68-/m1/s1. The van der Waals surface area contributed by atoms with Crippen LogP contribution in [0.15, 0.2) is 243 Å². The van der Waals surface area contributed by atoms with E-state index < -0.39 is 122 Å². The highest BCUT2D eigenvalue weighted by atomic mass is 16.8. The summed E-state index contributed by atoms with van der Waals surface area (Å²) in [5, 5.41) is 0. The van der Waals surface area contributed by atoms with E-state index in [-0.39, 0.29) is 44.5 Å². The van der Waals surface area contributed by atoms with Crippen molar-refractivity contribution < 1.29 is 90.5 Å². The molecule has 0 aliphatic carbocycles. The first-order chi connectivity index (χ1) is 42.4. The first-order valence-corrected chi connectivity index (χ1v) is 27.4. The summed E-state index contributed by atoms with van der Waals surface area (Å²) < 4.78 is 70.1. The van der Waals surface area contributed by atoms with E-state index in [1.807, 2.05) is 0 Å². The predicted octanol–water partition coefficient (Wildman–Crippen LogP) is 9.52. The molecule has 3 unspecified atom stereocenters. The highest BCUT2D eigenvalue weighted by Crippen LogP contribution is 2.43. The SMILES string of the molecule is O=C(OCC1O[C@H](O[C@@]2(COC(=O)c3ccccc3)O[C@H](COC(=O)c3ccccc3)C(OC(=O)c3ccccc3)[C@H]2OC(=O)c2ccccc2)C(OC(=O)c2ccccc2)[C@@H](OC(=O)c2ccccc2)[C@@H]1OC(=O)c1ccccc1)c1ccccc1. The first-order valence-electron chi connectivity index (χ1n) is 27.4. The van der Waals surface area contributed by atoms with Gasteiger partial charge in [0.15, 0.2) is 30.5 Å². The zero-order valence-corrected chi connectivity index (χ0v) is 46.1. The minimum Gasteiger partial charge on any atom is -0.459 e. The lowest BCUT2D eigenvalue weighted by atomic mass is 9.97. The smallest absolute Gasteiger partial charge is 0.338 e. The number of ether oxygens (including phenoxy) is 11. The van der Waals surface area contributed by atoms with Crippen LogP contribution < -0.4 is 0 Å². The normalized spacial score (nSPS) is 21.1. The van der Waals surface area contributed by atoms with Crippen LogP contribution in [0.4, 0.5) is 0 Å². The highest BCUT2D eigenvalue weighted by Gasteiger charge is 2.65. The second-order valence-corrected chi connectivity index (χ2v) is 19.6. The van der Waals surface area contributed by atoms with Gasteiger partial charge >= 0.3 is 47.8 Å². The van der Waals surface area contributed by atoms with E-state index in [2.05, 4.69) is 0 Å². The summed E-state index contributed by atoms with van der Waals surface area (Å²) in [5.41, 5.74) is 0.125. The maximum absolute atomic E-state index is 14.7. The summed E-state index contributed by atoms with van der Waals surface area (Å²) in [4.78, 5) is 115. The molecule has 2 heterocycles. The van der Waals surface area contributed by atoms with Crippen LogP contribution in [0.25, 0.3) is 0 Å².